The summed E-state index contributed by atoms with van der Waals surface area (Å²) in [6.07, 6.45) is 6.53. The zero-order valence-electron chi connectivity index (χ0n) is 12.1. The van der Waals surface area contributed by atoms with Crippen LogP contribution < -0.4 is 0 Å². The van der Waals surface area contributed by atoms with Crippen molar-refractivity contribution >= 4 is 12.4 Å². The SMILES string of the molecule is CC1=C(C)[N+](Cc2ccccc2)(C(=O)n2ccnc2)C=N1. The minimum absolute atomic E-state index is 0.0746. The highest BCUT2D eigenvalue weighted by Crippen LogP contribution is 2.29. The normalized spacial score (nSPS) is 21.0. The van der Waals surface area contributed by atoms with Crippen LogP contribution in [0.2, 0.25) is 0 Å². The van der Waals surface area contributed by atoms with Crippen molar-refractivity contribution in [2.75, 3.05) is 0 Å². The highest BCUT2D eigenvalue weighted by atomic mass is 16.2. The molecule has 106 valence electrons. The number of amides is 1. The largest absolute Gasteiger partial charge is 0.439 e. The average molecular weight is 281 g/mol. The van der Waals surface area contributed by atoms with Crippen LogP contribution in [-0.2, 0) is 6.54 Å². The van der Waals surface area contributed by atoms with Crippen LogP contribution in [-0.4, -0.2) is 26.4 Å². The van der Waals surface area contributed by atoms with Crippen molar-refractivity contribution in [2.24, 2.45) is 4.99 Å². The summed E-state index contributed by atoms with van der Waals surface area (Å²) in [6.45, 7) is 4.43. The Labute approximate surface area is 123 Å². The quantitative estimate of drug-likeness (QED) is 0.794. The molecule has 1 aromatic heterocycles. The molecule has 3 rings (SSSR count). The molecule has 0 saturated heterocycles. The van der Waals surface area contributed by atoms with E-state index in [1.807, 2.05) is 44.2 Å². The molecule has 1 atom stereocenters. The Kier molecular flexibility index (Phi) is 3.27. The molecule has 5 heteroatoms. The molecule has 0 fully saturated rings. The summed E-state index contributed by atoms with van der Waals surface area (Å²) in [5.41, 5.74) is 2.92. The Morgan fingerprint density at radius 2 is 2.00 bits per heavy atom. The van der Waals surface area contributed by atoms with Gasteiger partial charge in [0.05, 0.1) is 5.70 Å². The van der Waals surface area contributed by atoms with E-state index >= 15 is 0 Å². The van der Waals surface area contributed by atoms with Crippen molar-refractivity contribution < 1.29 is 9.28 Å². The summed E-state index contributed by atoms with van der Waals surface area (Å²) >= 11 is 0. The van der Waals surface area contributed by atoms with Gasteiger partial charge in [-0.3, -0.25) is 0 Å². The minimum atomic E-state index is -0.0746. The molecule has 0 bridgehead atoms. The smallest absolute Gasteiger partial charge is 0.245 e. The first kappa shape index (κ1) is 13.5. The number of rotatable bonds is 2. The predicted octanol–water partition coefficient (Wildman–Crippen LogP) is 3.16. The van der Waals surface area contributed by atoms with Gasteiger partial charge in [0.25, 0.3) is 0 Å². The maximum absolute atomic E-state index is 13.0. The van der Waals surface area contributed by atoms with Crippen LogP contribution in [0, 0.1) is 0 Å². The van der Waals surface area contributed by atoms with Crippen LogP contribution in [0.1, 0.15) is 19.4 Å². The van der Waals surface area contributed by atoms with Gasteiger partial charge in [0.2, 0.25) is 6.34 Å². The Hall–Kier alpha value is -2.53. The fourth-order valence-electron chi connectivity index (χ4n) is 2.52. The van der Waals surface area contributed by atoms with Crippen molar-refractivity contribution in [3.8, 4) is 0 Å². The number of carbonyl (C=O) groups excluding carboxylic acids is 1. The summed E-state index contributed by atoms with van der Waals surface area (Å²) < 4.78 is 1.59. The van der Waals surface area contributed by atoms with Gasteiger partial charge >= 0.3 is 6.03 Å². The number of nitrogens with zero attached hydrogens (tertiary/aromatic N) is 4. The fourth-order valence-corrected chi connectivity index (χ4v) is 2.52. The molecule has 0 spiro atoms. The lowest BCUT2D eigenvalue weighted by Gasteiger charge is -2.28. The molecule has 1 aliphatic rings. The second-order valence-electron chi connectivity index (χ2n) is 5.18. The molecule has 0 N–H and O–H groups in total. The number of hydrogen-bond donors (Lipinski definition) is 0. The Morgan fingerprint density at radius 3 is 2.57 bits per heavy atom. The maximum atomic E-state index is 13.0. The Bertz CT molecular complexity index is 716. The third kappa shape index (κ3) is 2.21. The Balaban J connectivity index is 2.05. The number of benzene rings is 1. The summed E-state index contributed by atoms with van der Waals surface area (Å²) in [7, 11) is 0. The standard InChI is InChI=1S/C16H17N4O/c1-13-14(2)20(12-18-13,10-15-6-4-3-5-7-15)16(21)19-9-8-17-11-19/h3-9,11-12H,10H2,1-2H3/q+1. The van der Waals surface area contributed by atoms with Crippen molar-refractivity contribution in [1.29, 1.82) is 0 Å². The van der Waals surface area contributed by atoms with Crippen LogP contribution in [0.3, 0.4) is 0 Å². The molecule has 2 heterocycles. The number of aliphatic imine (C=N–C) groups is 1. The van der Waals surface area contributed by atoms with Gasteiger partial charge in [0.1, 0.15) is 18.6 Å². The lowest BCUT2D eigenvalue weighted by atomic mass is 10.2. The zero-order valence-corrected chi connectivity index (χ0v) is 12.1. The Morgan fingerprint density at radius 1 is 1.24 bits per heavy atom. The summed E-state index contributed by atoms with van der Waals surface area (Å²) in [5, 5.41) is 0. The third-order valence-electron chi connectivity index (χ3n) is 3.91. The summed E-state index contributed by atoms with van der Waals surface area (Å²) in [5.74, 6) is 0. The van der Waals surface area contributed by atoms with Gasteiger partial charge < -0.3 is 0 Å². The molecule has 2 aromatic rings. The number of allylic oxidation sites excluding steroid dienone is 2. The molecule has 21 heavy (non-hydrogen) atoms. The topological polar surface area (TPSA) is 47.2 Å². The van der Waals surface area contributed by atoms with E-state index in [0.717, 1.165) is 17.0 Å². The van der Waals surface area contributed by atoms with Crippen molar-refractivity contribution in [3.05, 3.63) is 66.0 Å². The van der Waals surface area contributed by atoms with Crippen molar-refractivity contribution in [2.45, 2.75) is 20.4 Å². The molecular formula is C16H17N4O+. The second kappa shape index (κ2) is 5.10. The number of imidazole rings is 1. The van der Waals surface area contributed by atoms with E-state index in [2.05, 4.69) is 9.98 Å². The summed E-state index contributed by atoms with van der Waals surface area (Å²) in [6, 6.07) is 9.90. The van der Waals surface area contributed by atoms with Crippen molar-refractivity contribution in [1.82, 2.24) is 9.55 Å². The van der Waals surface area contributed by atoms with Gasteiger partial charge in [-0.25, -0.2) is 19.3 Å². The molecule has 1 aliphatic heterocycles. The molecule has 1 amide bonds. The average Bonchev–Trinajstić information content (AvgIpc) is 3.13. The third-order valence-corrected chi connectivity index (χ3v) is 3.91. The van der Waals surface area contributed by atoms with E-state index < -0.39 is 0 Å². The number of hydrogen-bond acceptors (Lipinski definition) is 3. The number of carbonyl (C=O) groups is 1. The maximum Gasteiger partial charge on any atom is 0.439 e. The van der Waals surface area contributed by atoms with E-state index in [4.69, 9.17) is 0 Å². The first-order valence-corrected chi connectivity index (χ1v) is 6.81. The zero-order chi connectivity index (χ0) is 14.9. The number of aromatic nitrogens is 2. The molecule has 1 unspecified atom stereocenters. The molecule has 0 saturated carbocycles. The lowest BCUT2D eigenvalue weighted by Crippen LogP contribution is -2.50. The van der Waals surface area contributed by atoms with Gasteiger partial charge in [-0.15, -0.1) is 0 Å². The van der Waals surface area contributed by atoms with Gasteiger partial charge in [0, 0.05) is 24.9 Å². The van der Waals surface area contributed by atoms with Crippen LogP contribution in [0.4, 0.5) is 4.79 Å². The molecule has 0 aliphatic carbocycles. The van der Waals surface area contributed by atoms with Gasteiger partial charge in [0.15, 0.2) is 0 Å². The van der Waals surface area contributed by atoms with Gasteiger partial charge in [-0.2, -0.15) is 4.48 Å². The van der Waals surface area contributed by atoms with Crippen LogP contribution in [0.15, 0.2) is 65.4 Å². The lowest BCUT2D eigenvalue weighted by molar-refractivity contribution is -0.722. The van der Waals surface area contributed by atoms with E-state index in [1.165, 1.54) is 10.9 Å². The van der Waals surface area contributed by atoms with Crippen LogP contribution in [0.5, 0.6) is 0 Å². The molecule has 0 radical (unpaired) electrons. The minimum Gasteiger partial charge on any atom is -0.245 e. The van der Waals surface area contributed by atoms with Crippen LogP contribution in [0.25, 0.3) is 0 Å². The highest BCUT2D eigenvalue weighted by Gasteiger charge is 2.43. The highest BCUT2D eigenvalue weighted by molar-refractivity contribution is 5.80. The van der Waals surface area contributed by atoms with E-state index in [-0.39, 0.29) is 10.5 Å². The monoisotopic (exact) mass is 281 g/mol. The first-order chi connectivity index (χ1) is 10.1. The first-order valence-electron chi connectivity index (χ1n) is 6.81. The van der Waals surface area contributed by atoms with E-state index in [0.29, 0.717) is 6.54 Å². The van der Waals surface area contributed by atoms with Gasteiger partial charge in [-0.1, -0.05) is 30.3 Å². The fraction of sp³-hybridized carbons (Fsp3) is 0.188. The van der Waals surface area contributed by atoms with E-state index in [1.54, 1.807) is 18.7 Å². The second-order valence-corrected chi connectivity index (χ2v) is 5.18. The molecular weight excluding hydrogens is 264 g/mol. The van der Waals surface area contributed by atoms with E-state index in [9.17, 15) is 4.79 Å². The molecule has 5 nitrogen and oxygen atoms in total. The van der Waals surface area contributed by atoms with Gasteiger partial charge in [-0.05, 0) is 6.92 Å². The predicted molar refractivity (Wildman–Crippen MR) is 80.3 cm³/mol. The summed E-state index contributed by atoms with van der Waals surface area (Å²) in [4.78, 5) is 21.3. The molecule has 1 aromatic carbocycles. The van der Waals surface area contributed by atoms with Crippen molar-refractivity contribution in [3.63, 3.8) is 0 Å². The van der Waals surface area contributed by atoms with Crippen LogP contribution >= 0.6 is 0 Å². The number of quaternary nitrogens is 1.